The molecule has 4 aromatic rings. The lowest BCUT2D eigenvalue weighted by molar-refractivity contribution is -0.130. The molecular weight excluding hydrogens is 501 g/mol. The third kappa shape index (κ3) is 4.17. The van der Waals surface area contributed by atoms with Crippen molar-refractivity contribution in [1.82, 2.24) is 29.5 Å². The van der Waals surface area contributed by atoms with Gasteiger partial charge >= 0.3 is 0 Å². The second-order valence-corrected chi connectivity index (χ2v) is 9.99. The molecule has 200 valence electrons. The molecule has 39 heavy (non-hydrogen) atoms. The summed E-state index contributed by atoms with van der Waals surface area (Å²) in [6, 6.07) is 5.39. The second kappa shape index (κ2) is 9.22. The zero-order valence-electron chi connectivity index (χ0n) is 21.9. The highest BCUT2D eigenvalue weighted by Gasteiger charge is 2.25. The minimum Gasteiger partial charge on any atom is -0.396 e. The zero-order valence-corrected chi connectivity index (χ0v) is 21.9. The number of anilines is 4. The van der Waals surface area contributed by atoms with Gasteiger partial charge in [0.15, 0.2) is 17.3 Å². The number of rotatable bonds is 3. The monoisotopic (exact) mass is 529 g/mol. The van der Waals surface area contributed by atoms with Gasteiger partial charge in [0.25, 0.3) is 5.91 Å². The molecule has 3 aromatic heterocycles. The summed E-state index contributed by atoms with van der Waals surface area (Å²) in [4.78, 5) is 37.0. The summed E-state index contributed by atoms with van der Waals surface area (Å²) in [6.07, 6.45) is 3.75. The van der Waals surface area contributed by atoms with E-state index >= 15 is 4.39 Å². The van der Waals surface area contributed by atoms with Crippen molar-refractivity contribution in [2.45, 2.75) is 19.9 Å². The Morgan fingerprint density at radius 1 is 1.03 bits per heavy atom. The van der Waals surface area contributed by atoms with Crippen LogP contribution in [0.3, 0.4) is 0 Å². The lowest BCUT2D eigenvalue weighted by Gasteiger charge is -2.16. The van der Waals surface area contributed by atoms with Gasteiger partial charge in [-0.25, -0.2) is 14.4 Å². The Balaban J connectivity index is 1.37. The smallest absolute Gasteiger partial charge is 0.274 e. The van der Waals surface area contributed by atoms with Crippen molar-refractivity contribution in [3.8, 4) is 11.1 Å². The average molecular weight is 530 g/mol. The zero-order chi connectivity index (χ0) is 27.4. The number of likely N-dealkylation sites (N-methyl/N-ethyl adjacent to an activating group) is 2. The Bertz CT molecular complexity index is 1670. The summed E-state index contributed by atoms with van der Waals surface area (Å²) < 4.78 is 17.3. The molecule has 0 spiro atoms. The number of carbonyl (C=O) groups excluding carboxylic acids is 2. The van der Waals surface area contributed by atoms with Crippen LogP contribution in [0.2, 0.25) is 0 Å². The van der Waals surface area contributed by atoms with Crippen LogP contribution in [0.4, 0.5) is 27.4 Å². The molecule has 5 heterocycles. The number of pyridine rings is 2. The molecule has 0 bridgehead atoms. The van der Waals surface area contributed by atoms with E-state index in [0.717, 1.165) is 5.69 Å². The number of nitrogens with zero attached hydrogens (tertiary/aromatic N) is 6. The van der Waals surface area contributed by atoms with Crippen LogP contribution >= 0.6 is 0 Å². The number of hydrogen-bond acceptors (Lipinski definition) is 8. The Hall–Kier alpha value is -4.74. The van der Waals surface area contributed by atoms with Crippen LogP contribution in [0.25, 0.3) is 21.9 Å². The van der Waals surface area contributed by atoms with E-state index in [2.05, 4.69) is 25.7 Å². The van der Waals surface area contributed by atoms with E-state index in [4.69, 9.17) is 5.73 Å². The Morgan fingerprint density at radius 3 is 2.67 bits per heavy atom. The van der Waals surface area contributed by atoms with Crippen LogP contribution in [0.5, 0.6) is 0 Å². The lowest BCUT2D eigenvalue weighted by atomic mass is 9.96. The molecule has 2 aliphatic heterocycles. The maximum atomic E-state index is 15.6. The normalized spacial score (nSPS) is 15.5. The van der Waals surface area contributed by atoms with Crippen molar-refractivity contribution in [2.24, 2.45) is 0 Å². The number of hydrogen-bond donors (Lipinski definition) is 3. The van der Waals surface area contributed by atoms with Gasteiger partial charge in [-0.1, -0.05) is 0 Å². The third-order valence-corrected chi connectivity index (χ3v) is 7.46. The number of halogens is 1. The van der Waals surface area contributed by atoms with Crippen molar-refractivity contribution < 1.29 is 14.0 Å². The van der Waals surface area contributed by atoms with E-state index in [1.807, 2.05) is 13.0 Å². The van der Waals surface area contributed by atoms with Gasteiger partial charge in [0.1, 0.15) is 12.4 Å². The Morgan fingerprint density at radius 2 is 1.85 bits per heavy atom. The number of benzene rings is 1. The molecule has 0 atom stereocenters. The number of fused-ring (bicyclic) bond motifs is 3. The van der Waals surface area contributed by atoms with E-state index < -0.39 is 5.82 Å². The van der Waals surface area contributed by atoms with Crippen molar-refractivity contribution in [3.05, 3.63) is 53.4 Å². The first-order valence-electron chi connectivity index (χ1n) is 12.7. The van der Waals surface area contributed by atoms with Crippen molar-refractivity contribution in [2.75, 3.05) is 50.1 Å². The highest BCUT2D eigenvalue weighted by atomic mass is 19.1. The van der Waals surface area contributed by atoms with Gasteiger partial charge in [-0.2, -0.15) is 5.10 Å². The predicted octanol–water partition coefficient (Wildman–Crippen LogP) is 2.78. The number of nitrogens with one attached hydrogen (secondary N) is 2. The van der Waals surface area contributed by atoms with Crippen LogP contribution in [0.15, 0.2) is 30.6 Å². The number of aromatic nitrogens is 4. The molecule has 0 radical (unpaired) electrons. The Kier molecular flexibility index (Phi) is 5.82. The molecule has 0 fully saturated rings. The van der Waals surface area contributed by atoms with Crippen LogP contribution in [-0.2, 0) is 17.8 Å². The largest absolute Gasteiger partial charge is 0.396 e. The van der Waals surface area contributed by atoms with Gasteiger partial charge in [-0.15, -0.1) is 0 Å². The number of carbonyl (C=O) groups is 2. The first-order valence-corrected chi connectivity index (χ1v) is 12.7. The third-order valence-electron chi connectivity index (χ3n) is 7.46. The Labute approximate surface area is 223 Å². The fraction of sp³-hybridized carbons (Fsp3) is 0.296. The summed E-state index contributed by atoms with van der Waals surface area (Å²) >= 11 is 0. The highest BCUT2D eigenvalue weighted by molar-refractivity contribution is 6.02. The molecule has 6 rings (SSSR count). The van der Waals surface area contributed by atoms with E-state index in [1.54, 1.807) is 40.7 Å². The van der Waals surface area contributed by atoms with Crippen molar-refractivity contribution in [1.29, 1.82) is 0 Å². The predicted molar refractivity (Wildman–Crippen MR) is 146 cm³/mol. The van der Waals surface area contributed by atoms with Gasteiger partial charge in [0.05, 0.1) is 11.4 Å². The maximum Gasteiger partial charge on any atom is 0.274 e. The summed E-state index contributed by atoms with van der Waals surface area (Å²) in [7, 11) is 3.51. The van der Waals surface area contributed by atoms with Crippen molar-refractivity contribution >= 4 is 45.6 Å². The second-order valence-electron chi connectivity index (χ2n) is 9.99. The number of nitrogen functional groups attached to an aromatic ring is 1. The first-order chi connectivity index (χ1) is 18.7. The average Bonchev–Trinajstić information content (AvgIpc) is 3.15. The van der Waals surface area contributed by atoms with Gasteiger partial charge < -0.3 is 26.2 Å². The van der Waals surface area contributed by atoms with Crippen LogP contribution in [0.1, 0.15) is 21.7 Å². The molecule has 1 aromatic carbocycles. The first kappa shape index (κ1) is 24.6. The number of nitrogens with two attached hydrogens (primary N) is 1. The van der Waals surface area contributed by atoms with Crippen LogP contribution < -0.4 is 16.4 Å². The fourth-order valence-corrected chi connectivity index (χ4v) is 5.09. The molecule has 11 nitrogen and oxygen atoms in total. The van der Waals surface area contributed by atoms with Gasteiger partial charge in [0, 0.05) is 80.8 Å². The minimum atomic E-state index is -0.570. The van der Waals surface area contributed by atoms with Gasteiger partial charge in [-0.05, 0) is 30.0 Å². The lowest BCUT2D eigenvalue weighted by Crippen LogP contribution is -2.29. The standard InChI is InChI=1S/C27H28FN9O2/c1-14-18(11-32-26-25(14)30-5-7-36(3)27(26)39)17-8-15-9-20(31-12-19(15)24(29)23(17)28)33-21-10-16-4-6-35(2)22(38)13-37(16)34-21/h8-12,30H,4-7,13,29H2,1-3H3,(H,31,33,34). The fourth-order valence-electron chi connectivity index (χ4n) is 5.09. The molecule has 2 amide bonds. The summed E-state index contributed by atoms with van der Waals surface area (Å²) in [5.41, 5.74) is 9.63. The minimum absolute atomic E-state index is 0.00596. The van der Waals surface area contributed by atoms with Crippen LogP contribution in [0, 0.1) is 12.7 Å². The molecule has 4 N–H and O–H groups in total. The molecule has 0 saturated carbocycles. The van der Waals surface area contributed by atoms with E-state index in [9.17, 15) is 9.59 Å². The van der Waals surface area contributed by atoms with E-state index in [1.165, 1.54) is 12.4 Å². The summed E-state index contributed by atoms with van der Waals surface area (Å²) in [6.45, 7) is 3.75. The molecule has 2 aliphatic rings. The van der Waals surface area contributed by atoms with Crippen LogP contribution in [-0.4, -0.2) is 75.1 Å². The highest BCUT2D eigenvalue weighted by Crippen LogP contribution is 2.38. The molecule has 0 saturated heterocycles. The molecular formula is C27H28FN9O2. The van der Waals surface area contributed by atoms with Crippen molar-refractivity contribution in [3.63, 3.8) is 0 Å². The topological polar surface area (TPSA) is 134 Å². The molecule has 12 heteroatoms. The van der Waals surface area contributed by atoms with E-state index in [-0.39, 0.29) is 29.6 Å². The summed E-state index contributed by atoms with van der Waals surface area (Å²) in [5.74, 6) is 0.322. The molecule has 0 aliphatic carbocycles. The SMILES string of the molecule is Cc1c(-c2cc3cc(Nc4cc5n(n4)CC(=O)N(C)CC5)ncc3c(N)c2F)cnc2c1NCCN(C)C2=O. The van der Waals surface area contributed by atoms with Gasteiger partial charge in [-0.3, -0.25) is 14.3 Å². The van der Waals surface area contributed by atoms with E-state index in [0.29, 0.717) is 71.0 Å². The van der Waals surface area contributed by atoms with Gasteiger partial charge in [0.2, 0.25) is 5.91 Å². The quantitative estimate of drug-likeness (QED) is 0.345. The molecule has 0 unspecified atom stereocenters. The maximum absolute atomic E-state index is 15.6. The number of amides is 2. The summed E-state index contributed by atoms with van der Waals surface area (Å²) in [5, 5.41) is 12.1.